The molecule has 29 heavy (non-hydrogen) atoms. The molecule has 1 aliphatic carbocycles. The zero-order valence-electron chi connectivity index (χ0n) is 16.6. The number of rotatable bonds is 4. The zero-order chi connectivity index (χ0) is 19.8. The maximum Gasteiger partial charge on any atom is 0.263 e. The summed E-state index contributed by atoms with van der Waals surface area (Å²) >= 11 is 3.14. The van der Waals surface area contributed by atoms with Gasteiger partial charge in [0.1, 0.15) is 4.83 Å². The van der Waals surface area contributed by atoms with E-state index in [1.807, 2.05) is 4.57 Å². The predicted molar refractivity (Wildman–Crippen MR) is 116 cm³/mol. The van der Waals surface area contributed by atoms with Gasteiger partial charge in [-0.05, 0) is 56.9 Å². The highest BCUT2D eigenvalue weighted by molar-refractivity contribution is 8.00. The number of carbonyl (C=O) groups excluding carboxylic acids is 1. The quantitative estimate of drug-likeness (QED) is 0.749. The van der Waals surface area contributed by atoms with E-state index in [4.69, 9.17) is 9.72 Å². The van der Waals surface area contributed by atoms with Crippen molar-refractivity contribution < 1.29 is 9.53 Å². The first-order valence-electron chi connectivity index (χ1n) is 10.8. The molecule has 3 aliphatic rings. The van der Waals surface area contributed by atoms with Crippen LogP contribution in [0.3, 0.4) is 0 Å². The number of thioether (sulfide) groups is 1. The summed E-state index contributed by atoms with van der Waals surface area (Å²) < 4.78 is 7.64. The molecule has 8 heteroatoms. The fourth-order valence-corrected chi connectivity index (χ4v) is 7.08. The smallest absolute Gasteiger partial charge is 0.263 e. The Bertz CT molecular complexity index is 978. The molecule has 0 bridgehead atoms. The Morgan fingerprint density at radius 2 is 2.03 bits per heavy atom. The van der Waals surface area contributed by atoms with Gasteiger partial charge in [-0.3, -0.25) is 14.2 Å². The summed E-state index contributed by atoms with van der Waals surface area (Å²) in [5, 5.41) is 4.31. The fraction of sp³-hybridized carbons (Fsp3) is 0.667. The Labute approximate surface area is 178 Å². The van der Waals surface area contributed by atoms with Gasteiger partial charge in [0.25, 0.3) is 5.56 Å². The largest absolute Gasteiger partial charge is 0.376 e. The van der Waals surface area contributed by atoms with Crippen molar-refractivity contribution in [3.05, 3.63) is 20.8 Å². The zero-order valence-corrected chi connectivity index (χ0v) is 18.2. The van der Waals surface area contributed by atoms with Crippen molar-refractivity contribution in [3.8, 4) is 0 Å². The van der Waals surface area contributed by atoms with Gasteiger partial charge in [-0.15, -0.1) is 11.3 Å². The molecule has 4 heterocycles. The van der Waals surface area contributed by atoms with Gasteiger partial charge < -0.3 is 10.1 Å². The van der Waals surface area contributed by atoms with Crippen molar-refractivity contribution >= 4 is 39.2 Å². The molecule has 0 spiro atoms. The number of carbonyl (C=O) groups is 1. The lowest BCUT2D eigenvalue weighted by atomic mass is 9.97. The van der Waals surface area contributed by atoms with Crippen LogP contribution in [0, 0.1) is 0 Å². The monoisotopic (exact) mass is 433 g/mol. The Kier molecular flexibility index (Phi) is 5.67. The highest BCUT2D eigenvalue weighted by atomic mass is 32.2. The fourth-order valence-electron chi connectivity index (χ4n) is 4.61. The molecule has 1 amide bonds. The third-order valence-corrected chi connectivity index (χ3v) is 8.62. The number of aryl methyl sites for hydroxylation is 2. The highest BCUT2D eigenvalue weighted by Gasteiger charge is 2.28. The molecule has 2 unspecified atom stereocenters. The van der Waals surface area contributed by atoms with Crippen LogP contribution in [0.4, 0.5) is 0 Å². The van der Waals surface area contributed by atoms with E-state index in [0.717, 1.165) is 74.7 Å². The van der Waals surface area contributed by atoms with E-state index in [0.29, 0.717) is 11.7 Å². The number of ether oxygens (including phenoxy) is 1. The van der Waals surface area contributed by atoms with E-state index in [1.54, 1.807) is 11.3 Å². The van der Waals surface area contributed by atoms with Crippen LogP contribution in [0.15, 0.2) is 9.95 Å². The summed E-state index contributed by atoms with van der Waals surface area (Å²) in [5.74, 6) is 0.0657. The summed E-state index contributed by atoms with van der Waals surface area (Å²) in [6.07, 6.45) is 9.28. The van der Waals surface area contributed by atoms with E-state index in [9.17, 15) is 9.59 Å². The second kappa shape index (κ2) is 8.40. The number of hydrogen-bond donors (Lipinski definition) is 1. The molecule has 2 saturated heterocycles. The molecular weight excluding hydrogens is 406 g/mol. The third-order valence-electron chi connectivity index (χ3n) is 6.18. The maximum atomic E-state index is 13.6. The first-order chi connectivity index (χ1) is 14.2. The van der Waals surface area contributed by atoms with E-state index < -0.39 is 0 Å². The first-order valence-corrected chi connectivity index (χ1v) is 12.5. The number of hydrogen-bond acceptors (Lipinski definition) is 6. The summed E-state index contributed by atoms with van der Waals surface area (Å²) in [6, 6.07) is 0. The average molecular weight is 434 g/mol. The van der Waals surface area contributed by atoms with Gasteiger partial charge in [0.15, 0.2) is 5.16 Å². The number of nitrogens with zero attached hydrogens (tertiary/aromatic N) is 2. The number of thiophene rings is 1. The van der Waals surface area contributed by atoms with Gasteiger partial charge in [0, 0.05) is 18.0 Å². The number of amides is 1. The minimum atomic E-state index is -0.188. The molecule has 2 aliphatic heterocycles. The normalized spacial score (nSPS) is 25.0. The number of fused-ring (bicyclic) bond motifs is 3. The first kappa shape index (κ1) is 19.6. The molecule has 156 valence electrons. The average Bonchev–Trinajstić information content (AvgIpc) is 3.31. The van der Waals surface area contributed by atoms with Crippen molar-refractivity contribution in [2.75, 3.05) is 13.2 Å². The minimum absolute atomic E-state index is 0.0569. The standard InChI is InChI=1S/C21H27N3O3S2/c25-18-16(9-3-4-10-22-18)29-21-23-19-17(14-7-1-2-8-15(14)28-19)20(26)24(21)12-13-6-5-11-27-13/h13,16H,1-12H2,(H,22,25). The van der Waals surface area contributed by atoms with Crippen molar-refractivity contribution in [2.45, 2.75) is 80.8 Å². The van der Waals surface area contributed by atoms with E-state index in [2.05, 4.69) is 5.32 Å². The highest BCUT2D eigenvalue weighted by Crippen LogP contribution is 2.36. The van der Waals surface area contributed by atoms with Crippen LogP contribution < -0.4 is 10.9 Å². The third kappa shape index (κ3) is 3.86. The van der Waals surface area contributed by atoms with Crippen LogP contribution in [0.5, 0.6) is 0 Å². The van der Waals surface area contributed by atoms with Gasteiger partial charge in [-0.2, -0.15) is 0 Å². The van der Waals surface area contributed by atoms with E-state index in [1.165, 1.54) is 28.6 Å². The van der Waals surface area contributed by atoms with Crippen LogP contribution in [0.2, 0.25) is 0 Å². The van der Waals surface area contributed by atoms with E-state index in [-0.39, 0.29) is 22.8 Å². The topological polar surface area (TPSA) is 73.2 Å². The van der Waals surface area contributed by atoms with Crippen molar-refractivity contribution in [1.29, 1.82) is 0 Å². The molecule has 2 aromatic heterocycles. The van der Waals surface area contributed by atoms with Gasteiger partial charge in [0.05, 0.1) is 23.3 Å². The Hall–Kier alpha value is -1.38. The SMILES string of the molecule is O=C1NCCCCC1Sc1nc2sc3c(c2c(=O)n1CC1CCCO1)CCCC3. The molecule has 6 nitrogen and oxygen atoms in total. The molecule has 5 rings (SSSR count). The van der Waals surface area contributed by atoms with E-state index >= 15 is 0 Å². The Balaban J connectivity index is 1.58. The second-order valence-corrected chi connectivity index (χ2v) is 10.5. The van der Waals surface area contributed by atoms with Gasteiger partial charge in [0.2, 0.25) is 5.91 Å². The summed E-state index contributed by atoms with van der Waals surface area (Å²) in [6.45, 7) is 2.03. The minimum Gasteiger partial charge on any atom is -0.376 e. The number of aromatic nitrogens is 2. The molecule has 0 saturated carbocycles. The Morgan fingerprint density at radius 3 is 2.90 bits per heavy atom. The molecule has 2 aromatic rings. The van der Waals surface area contributed by atoms with Crippen LogP contribution >= 0.6 is 23.1 Å². The van der Waals surface area contributed by atoms with Crippen molar-refractivity contribution in [1.82, 2.24) is 14.9 Å². The van der Waals surface area contributed by atoms with Crippen LogP contribution in [-0.2, 0) is 28.9 Å². The molecule has 2 atom stereocenters. The predicted octanol–water partition coefficient (Wildman–Crippen LogP) is 3.28. The lowest BCUT2D eigenvalue weighted by molar-refractivity contribution is -0.120. The van der Waals surface area contributed by atoms with Crippen LogP contribution in [0.25, 0.3) is 10.2 Å². The Morgan fingerprint density at radius 1 is 1.14 bits per heavy atom. The molecular formula is C21H27N3O3S2. The maximum absolute atomic E-state index is 13.6. The van der Waals surface area contributed by atoms with Gasteiger partial charge in [-0.1, -0.05) is 18.2 Å². The van der Waals surface area contributed by atoms with Gasteiger partial charge >= 0.3 is 0 Å². The van der Waals surface area contributed by atoms with Crippen molar-refractivity contribution in [3.63, 3.8) is 0 Å². The second-order valence-electron chi connectivity index (χ2n) is 8.23. The summed E-state index contributed by atoms with van der Waals surface area (Å²) in [7, 11) is 0. The molecule has 1 N–H and O–H groups in total. The molecule has 0 radical (unpaired) electrons. The number of nitrogens with one attached hydrogen (secondary N) is 1. The summed E-state index contributed by atoms with van der Waals surface area (Å²) in [5.41, 5.74) is 1.28. The molecule has 2 fully saturated rings. The van der Waals surface area contributed by atoms with Crippen LogP contribution in [0.1, 0.15) is 55.4 Å². The lowest BCUT2D eigenvalue weighted by Crippen LogP contribution is -2.33. The van der Waals surface area contributed by atoms with Gasteiger partial charge in [-0.25, -0.2) is 4.98 Å². The molecule has 0 aromatic carbocycles. The van der Waals surface area contributed by atoms with Crippen LogP contribution in [-0.4, -0.2) is 40.0 Å². The summed E-state index contributed by atoms with van der Waals surface area (Å²) in [4.78, 5) is 33.3. The lowest BCUT2D eigenvalue weighted by Gasteiger charge is -2.19. The van der Waals surface area contributed by atoms with Crippen molar-refractivity contribution in [2.24, 2.45) is 0 Å².